The number of unbranched alkanes of at least 4 members (excludes halogenated alkanes) is 2. The molecule has 0 amide bonds. The third-order valence-corrected chi connectivity index (χ3v) is 6.38. The molecule has 0 aliphatic carbocycles. The predicted molar refractivity (Wildman–Crippen MR) is 161 cm³/mol. The molecule has 8 nitrogen and oxygen atoms in total. The monoisotopic (exact) mass is 572 g/mol. The molecule has 0 fully saturated rings. The summed E-state index contributed by atoms with van der Waals surface area (Å²) in [7, 11) is 0. The van der Waals surface area contributed by atoms with E-state index in [0.717, 1.165) is 41.9 Å². The van der Waals surface area contributed by atoms with Crippen molar-refractivity contribution in [3.8, 4) is 16.9 Å². The van der Waals surface area contributed by atoms with Crippen LogP contribution in [0.1, 0.15) is 50.7 Å². The number of hydrogen-bond donors (Lipinski definition) is 0. The molecule has 0 unspecified atom stereocenters. The number of ether oxygens (including phenoxy) is 3. The standard InChI is InChI=1S/C34H36O8/c1-6-30(35)41-28-15-13-25(14-16-28)29-21-27-20-24(11-7-9-17-39-32(36)22(2)3)19-26(31(27)42-34(29)38)12-8-10-18-40-33(37)23(4)5/h6,13-16,19-21H,1-2,4,7-12,17-18H2,3,5H3. The van der Waals surface area contributed by atoms with Crippen LogP contribution in [-0.2, 0) is 36.7 Å². The van der Waals surface area contributed by atoms with Gasteiger partial charge in [-0.1, -0.05) is 37.9 Å². The van der Waals surface area contributed by atoms with Gasteiger partial charge in [-0.15, -0.1) is 0 Å². The van der Waals surface area contributed by atoms with E-state index in [-0.39, 0.29) is 6.61 Å². The van der Waals surface area contributed by atoms with Crippen LogP contribution >= 0.6 is 0 Å². The van der Waals surface area contributed by atoms with Gasteiger partial charge in [0.2, 0.25) is 0 Å². The zero-order valence-corrected chi connectivity index (χ0v) is 24.2. The topological polar surface area (TPSA) is 109 Å². The summed E-state index contributed by atoms with van der Waals surface area (Å²) in [5, 5.41) is 0.779. The fourth-order valence-corrected chi connectivity index (χ4v) is 4.19. The second kappa shape index (κ2) is 15.3. The average molecular weight is 573 g/mol. The normalized spacial score (nSPS) is 10.6. The van der Waals surface area contributed by atoms with Crippen molar-refractivity contribution in [2.24, 2.45) is 0 Å². The molecule has 3 aromatic rings. The molecule has 0 bridgehead atoms. The number of fused-ring (bicyclic) bond motifs is 1. The molecule has 0 aliphatic heterocycles. The van der Waals surface area contributed by atoms with Crippen molar-refractivity contribution < 1.29 is 33.0 Å². The molecule has 0 radical (unpaired) electrons. The Hall–Kier alpha value is -4.72. The Labute approximate surface area is 245 Å². The van der Waals surface area contributed by atoms with Crippen LogP contribution in [-0.4, -0.2) is 31.1 Å². The molecule has 0 saturated carbocycles. The molecule has 0 spiro atoms. The highest BCUT2D eigenvalue weighted by Crippen LogP contribution is 2.28. The zero-order chi connectivity index (χ0) is 30.6. The maximum atomic E-state index is 13.1. The molecule has 0 atom stereocenters. The van der Waals surface area contributed by atoms with Crippen molar-refractivity contribution in [3.05, 3.63) is 101 Å². The summed E-state index contributed by atoms with van der Waals surface area (Å²) in [6.45, 7) is 14.4. The minimum Gasteiger partial charge on any atom is -0.462 e. The first-order valence-corrected chi connectivity index (χ1v) is 13.8. The lowest BCUT2D eigenvalue weighted by atomic mass is 9.97. The van der Waals surface area contributed by atoms with Crippen molar-refractivity contribution >= 4 is 28.9 Å². The highest BCUT2D eigenvalue weighted by Gasteiger charge is 2.14. The lowest BCUT2D eigenvalue weighted by molar-refractivity contribution is -0.139. The summed E-state index contributed by atoms with van der Waals surface area (Å²) in [6.07, 6.45) is 5.28. The van der Waals surface area contributed by atoms with Gasteiger partial charge in [0.15, 0.2) is 0 Å². The summed E-state index contributed by atoms with van der Waals surface area (Å²) in [4.78, 5) is 47.8. The zero-order valence-electron chi connectivity index (χ0n) is 24.2. The first kappa shape index (κ1) is 31.8. The number of benzene rings is 2. The fraction of sp³-hybridized carbons (Fsp3) is 0.294. The summed E-state index contributed by atoms with van der Waals surface area (Å²) in [5.41, 5.74) is 3.70. The van der Waals surface area contributed by atoms with Crippen molar-refractivity contribution in [2.75, 3.05) is 13.2 Å². The van der Waals surface area contributed by atoms with Gasteiger partial charge in [-0.25, -0.2) is 19.2 Å². The highest BCUT2D eigenvalue weighted by molar-refractivity contribution is 5.87. The van der Waals surface area contributed by atoms with Crippen LogP contribution in [0.3, 0.4) is 0 Å². The van der Waals surface area contributed by atoms with E-state index in [2.05, 4.69) is 19.7 Å². The van der Waals surface area contributed by atoms with E-state index in [4.69, 9.17) is 18.6 Å². The van der Waals surface area contributed by atoms with E-state index >= 15 is 0 Å². The molecule has 3 rings (SSSR count). The number of hydrogen-bond acceptors (Lipinski definition) is 8. The number of carbonyl (C=O) groups is 3. The second-order valence-electron chi connectivity index (χ2n) is 10.0. The second-order valence-corrected chi connectivity index (χ2v) is 10.0. The van der Waals surface area contributed by atoms with Crippen LogP contribution < -0.4 is 10.4 Å². The van der Waals surface area contributed by atoms with E-state index in [1.54, 1.807) is 38.1 Å². The molecule has 0 N–H and O–H groups in total. The maximum Gasteiger partial charge on any atom is 0.344 e. The Bertz CT molecular complexity index is 1540. The van der Waals surface area contributed by atoms with Crippen molar-refractivity contribution in [3.63, 3.8) is 0 Å². The van der Waals surface area contributed by atoms with Gasteiger partial charge in [0.1, 0.15) is 11.3 Å². The Kier molecular flexibility index (Phi) is 11.6. The Balaban J connectivity index is 1.83. The van der Waals surface area contributed by atoms with Crippen LogP contribution in [0, 0.1) is 0 Å². The molecule has 1 aromatic heterocycles. The predicted octanol–water partition coefficient (Wildman–Crippen LogP) is 6.44. The minimum absolute atomic E-state index is 0.276. The Morgan fingerprint density at radius 1 is 0.833 bits per heavy atom. The van der Waals surface area contributed by atoms with Crippen molar-refractivity contribution in [1.29, 1.82) is 0 Å². The molecular formula is C34H36O8. The van der Waals surface area contributed by atoms with E-state index < -0.39 is 23.5 Å². The number of carbonyl (C=O) groups excluding carboxylic acids is 3. The first-order chi connectivity index (χ1) is 20.1. The molecule has 42 heavy (non-hydrogen) atoms. The minimum atomic E-state index is -0.573. The molecule has 1 heterocycles. The van der Waals surface area contributed by atoms with Crippen LogP contribution in [0.4, 0.5) is 0 Å². The van der Waals surface area contributed by atoms with Gasteiger partial charge < -0.3 is 18.6 Å². The SMILES string of the molecule is C=CC(=O)Oc1ccc(-c2cc3cc(CCCCOC(=O)C(=C)C)cc(CCCCOC(=O)C(=C)C)c3oc2=O)cc1. The number of esters is 3. The van der Waals surface area contributed by atoms with Crippen LogP contribution in [0.5, 0.6) is 5.75 Å². The Morgan fingerprint density at radius 3 is 2.00 bits per heavy atom. The first-order valence-electron chi connectivity index (χ1n) is 13.8. The molecule has 8 heteroatoms. The Morgan fingerprint density at radius 2 is 1.43 bits per heavy atom. The summed E-state index contributed by atoms with van der Waals surface area (Å²) in [6, 6.07) is 12.4. The third-order valence-electron chi connectivity index (χ3n) is 6.38. The molecular weight excluding hydrogens is 536 g/mol. The summed E-state index contributed by atoms with van der Waals surface area (Å²) < 4.78 is 21.4. The van der Waals surface area contributed by atoms with Gasteiger partial charge in [0.05, 0.1) is 18.8 Å². The maximum absolute atomic E-state index is 13.1. The largest absolute Gasteiger partial charge is 0.462 e. The van der Waals surface area contributed by atoms with Gasteiger partial charge in [0, 0.05) is 22.6 Å². The lowest BCUT2D eigenvalue weighted by Crippen LogP contribution is -2.07. The fourth-order valence-electron chi connectivity index (χ4n) is 4.19. The van der Waals surface area contributed by atoms with E-state index in [0.29, 0.717) is 59.5 Å². The molecule has 0 saturated heterocycles. The van der Waals surface area contributed by atoms with Gasteiger partial charge in [-0.3, -0.25) is 0 Å². The average Bonchev–Trinajstić information content (AvgIpc) is 2.96. The molecule has 220 valence electrons. The summed E-state index contributed by atoms with van der Waals surface area (Å²) >= 11 is 0. The smallest absolute Gasteiger partial charge is 0.344 e. The van der Waals surface area contributed by atoms with E-state index in [1.807, 2.05) is 18.2 Å². The van der Waals surface area contributed by atoms with E-state index in [1.165, 1.54) is 0 Å². The van der Waals surface area contributed by atoms with Gasteiger partial charge in [-0.2, -0.15) is 0 Å². The third kappa shape index (κ3) is 9.16. The quantitative estimate of drug-likeness (QED) is 0.0673. The lowest BCUT2D eigenvalue weighted by Gasteiger charge is -2.12. The number of rotatable bonds is 15. The van der Waals surface area contributed by atoms with Gasteiger partial charge in [0.25, 0.3) is 0 Å². The van der Waals surface area contributed by atoms with E-state index in [9.17, 15) is 19.2 Å². The summed E-state index contributed by atoms with van der Waals surface area (Å²) in [5.74, 6) is -1.05. The van der Waals surface area contributed by atoms with Crippen LogP contribution in [0.2, 0.25) is 0 Å². The number of aryl methyl sites for hydroxylation is 2. The van der Waals surface area contributed by atoms with Crippen molar-refractivity contribution in [1.82, 2.24) is 0 Å². The molecule has 2 aromatic carbocycles. The molecule has 0 aliphatic rings. The van der Waals surface area contributed by atoms with Crippen LogP contribution in [0.25, 0.3) is 22.1 Å². The van der Waals surface area contributed by atoms with Gasteiger partial charge in [-0.05, 0) is 93.3 Å². The van der Waals surface area contributed by atoms with Crippen molar-refractivity contribution in [2.45, 2.75) is 52.4 Å². The highest BCUT2D eigenvalue weighted by atomic mass is 16.5. The van der Waals surface area contributed by atoms with Crippen LogP contribution in [0.15, 0.2) is 88.6 Å². The van der Waals surface area contributed by atoms with Gasteiger partial charge >= 0.3 is 23.5 Å².